The largest absolute Gasteiger partial charge is 0.493 e. The fraction of sp³-hybridized carbons (Fsp3) is 0.500. The SMILES string of the molecule is CCOC(=O)[C@H]1C[C@@H](N(Cc2cc(C(F)(F)F)cc(C(F)(F)F)c2)C(=O)OC)c2cc(OC)c(OC)cc2N1C(=O)OC(C)CC. The smallest absolute Gasteiger partial charge is 0.416 e. The predicted molar refractivity (Wildman–Crippen MR) is 150 cm³/mol. The number of hydrogen-bond donors (Lipinski definition) is 0. The van der Waals surface area contributed by atoms with Gasteiger partial charge in [-0.25, -0.2) is 14.4 Å². The first-order valence-electron chi connectivity index (χ1n) is 14.1. The monoisotopic (exact) mass is 664 g/mol. The Morgan fingerprint density at radius 1 is 0.913 bits per heavy atom. The number of alkyl halides is 6. The molecule has 2 aromatic rings. The summed E-state index contributed by atoms with van der Waals surface area (Å²) in [6, 6.07) is 0.944. The molecular formula is C30H34F6N2O8. The van der Waals surface area contributed by atoms with Crippen LogP contribution in [0.15, 0.2) is 30.3 Å². The van der Waals surface area contributed by atoms with Crippen LogP contribution >= 0.6 is 0 Å². The van der Waals surface area contributed by atoms with Crippen molar-refractivity contribution in [3.8, 4) is 11.5 Å². The first-order valence-corrected chi connectivity index (χ1v) is 14.1. The van der Waals surface area contributed by atoms with E-state index in [9.17, 15) is 40.7 Å². The second-order valence-electron chi connectivity index (χ2n) is 10.3. The zero-order chi connectivity index (χ0) is 34.6. The van der Waals surface area contributed by atoms with Gasteiger partial charge in [0.1, 0.15) is 12.1 Å². The van der Waals surface area contributed by atoms with E-state index in [4.69, 9.17) is 23.7 Å². The molecule has 0 N–H and O–H groups in total. The number of esters is 1. The fourth-order valence-corrected chi connectivity index (χ4v) is 4.97. The molecule has 0 saturated carbocycles. The molecule has 3 atom stereocenters. The Kier molecular flexibility index (Phi) is 11.3. The summed E-state index contributed by atoms with van der Waals surface area (Å²) in [5.74, 6) is -0.695. The Morgan fingerprint density at radius 2 is 1.48 bits per heavy atom. The van der Waals surface area contributed by atoms with Gasteiger partial charge in [-0.1, -0.05) is 6.92 Å². The van der Waals surface area contributed by atoms with E-state index in [-0.39, 0.29) is 35.4 Å². The molecule has 10 nitrogen and oxygen atoms in total. The summed E-state index contributed by atoms with van der Waals surface area (Å²) in [5, 5.41) is 0. The van der Waals surface area contributed by atoms with E-state index in [0.29, 0.717) is 18.6 Å². The molecule has 1 unspecified atom stereocenters. The topological polar surface area (TPSA) is 104 Å². The van der Waals surface area contributed by atoms with Gasteiger partial charge >= 0.3 is 30.5 Å². The van der Waals surface area contributed by atoms with Crippen LogP contribution in [-0.2, 0) is 37.9 Å². The summed E-state index contributed by atoms with van der Waals surface area (Å²) in [5.41, 5.74) is -3.57. The lowest BCUT2D eigenvalue weighted by Crippen LogP contribution is -2.53. The van der Waals surface area contributed by atoms with Crippen molar-refractivity contribution in [1.82, 2.24) is 4.90 Å². The van der Waals surface area contributed by atoms with Crippen LogP contribution in [0.2, 0.25) is 0 Å². The van der Waals surface area contributed by atoms with Gasteiger partial charge < -0.3 is 23.7 Å². The molecule has 0 aliphatic carbocycles. The van der Waals surface area contributed by atoms with Gasteiger partial charge in [-0.3, -0.25) is 9.80 Å². The van der Waals surface area contributed by atoms with Crippen LogP contribution in [0.3, 0.4) is 0 Å². The third-order valence-electron chi connectivity index (χ3n) is 7.33. The molecule has 16 heteroatoms. The van der Waals surface area contributed by atoms with Gasteiger partial charge in [-0.05, 0) is 50.1 Å². The minimum Gasteiger partial charge on any atom is -0.493 e. The van der Waals surface area contributed by atoms with Gasteiger partial charge in [0.25, 0.3) is 0 Å². The van der Waals surface area contributed by atoms with Gasteiger partial charge in [0.2, 0.25) is 0 Å². The number of carbonyl (C=O) groups is 3. The van der Waals surface area contributed by atoms with Crippen molar-refractivity contribution in [1.29, 1.82) is 0 Å². The van der Waals surface area contributed by atoms with E-state index >= 15 is 0 Å². The van der Waals surface area contributed by atoms with Crippen molar-refractivity contribution >= 4 is 23.8 Å². The van der Waals surface area contributed by atoms with Crippen molar-refractivity contribution in [2.75, 3.05) is 32.8 Å². The van der Waals surface area contributed by atoms with Crippen molar-refractivity contribution in [3.05, 3.63) is 52.6 Å². The molecule has 2 aromatic carbocycles. The summed E-state index contributed by atoms with van der Waals surface area (Å²) in [6.07, 6.45) is -12.9. The number of anilines is 1. The van der Waals surface area contributed by atoms with E-state index in [1.54, 1.807) is 13.8 Å². The number of methoxy groups -OCH3 is 3. The Morgan fingerprint density at radius 3 is 1.96 bits per heavy atom. The fourth-order valence-electron chi connectivity index (χ4n) is 4.97. The van der Waals surface area contributed by atoms with Gasteiger partial charge in [0.15, 0.2) is 11.5 Å². The molecule has 3 rings (SSSR count). The Labute approximate surface area is 261 Å². The number of nitrogens with zero attached hydrogens (tertiary/aromatic N) is 2. The first kappa shape index (κ1) is 36.1. The molecule has 0 aromatic heterocycles. The van der Waals surface area contributed by atoms with Crippen molar-refractivity contribution < 1.29 is 64.4 Å². The lowest BCUT2D eigenvalue weighted by atomic mass is 9.89. The number of carbonyl (C=O) groups excluding carboxylic acids is 3. The molecule has 0 fully saturated rings. The summed E-state index contributed by atoms with van der Waals surface area (Å²) >= 11 is 0. The first-order chi connectivity index (χ1) is 21.5. The third-order valence-corrected chi connectivity index (χ3v) is 7.33. The second-order valence-corrected chi connectivity index (χ2v) is 10.3. The molecule has 1 aliphatic rings. The van der Waals surface area contributed by atoms with Crippen LogP contribution in [0.25, 0.3) is 0 Å². The van der Waals surface area contributed by atoms with Crippen LogP contribution in [-0.4, -0.2) is 63.1 Å². The van der Waals surface area contributed by atoms with Gasteiger partial charge in [-0.15, -0.1) is 0 Å². The molecule has 0 radical (unpaired) electrons. The summed E-state index contributed by atoms with van der Waals surface area (Å²) < 4.78 is 108. The number of rotatable bonds is 9. The van der Waals surface area contributed by atoms with Gasteiger partial charge in [-0.2, -0.15) is 26.3 Å². The molecular weight excluding hydrogens is 630 g/mol. The maximum absolute atomic E-state index is 13.7. The molecule has 1 heterocycles. The Bertz CT molecular complexity index is 1400. The maximum Gasteiger partial charge on any atom is 0.416 e. The number of amides is 2. The van der Waals surface area contributed by atoms with E-state index < -0.39 is 78.4 Å². The standard InChI is InChI=1S/C30H34F6N2O8/c1-7-16(3)46-28(41)38-22-14-25(43-5)24(42-4)12-20(22)21(13-23(38)26(39)45-8-2)37(27(40)44-6)15-17-9-18(29(31,32)33)11-19(10-17)30(34,35)36/h9-12,14,16,21,23H,7-8,13,15H2,1-6H3/t16?,21-,23-/m1/s1. The number of fused-ring (bicyclic) bond motifs is 1. The van der Waals surface area contributed by atoms with Gasteiger partial charge in [0, 0.05) is 24.6 Å². The van der Waals surface area contributed by atoms with Crippen LogP contribution in [0, 0.1) is 0 Å². The van der Waals surface area contributed by atoms with Gasteiger partial charge in [0.05, 0.1) is 50.8 Å². The zero-order valence-corrected chi connectivity index (χ0v) is 25.9. The highest BCUT2D eigenvalue weighted by Gasteiger charge is 2.46. The van der Waals surface area contributed by atoms with Crippen molar-refractivity contribution in [2.24, 2.45) is 0 Å². The summed E-state index contributed by atoms with van der Waals surface area (Å²) in [7, 11) is 3.58. The lowest BCUT2D eigenvalue weighted by molar-refractivity contribution is -0.146. The summed E-state index contributed by atoms with van der Waals surface area (Å²) in [6.45, 7) is 4.00. The van der Waals surface area contributed by atoms with Crippen molar-refractivity contribution in [2.45, 2.75) is 70.7 Å². The highest BCUT2D eigenvalue weighted by Crippen LogP contribution is 2.47. The normalized spacial score (nSPS) is 17.0. The second kappa shape index (κ2) is 14.4. The molecule has 1 aliphatic heterocycles. The molecule has 46 heavy (non-hydrogen) atoms. The van der Waals surface area contributed by atoms with Crippen LogP contribution in [0.5, 0.6) is 11.5 Å². The Hall–Kier alpha value is -4.37. The average Bonchev–Trinajstić information content (AvgIpc) is 3.00. The zero-order valence-electron chi connectivity index (χ0n) is 25.9. The quantitative estimate of drug-likeness (QED) is 0.159. The minimum absolute atomic E-state index is 0.00539. The maximum atomic E-state index is 13.7. The van der Waals surface area contributed by atoms with E-state index in [1.807, 2.05) is 0 Å². The minimum atomic E-state index is -5.14. The Balaban J connectivity index is 2.30. The van der Waals surface area contributed by atoms with Crippen molar-refractivity contribution in [3.63, 3.8) is 0 Å². The van der Waals surface area contributed by atoms with Crippen LogP contribution in [0.4, 0.5) is 41.6 Å². The highest BCUT2D eigenvalue weighted by molar-refractivity contribution is 5.98. The predicted octanol–water partition coefficient (Wildman–Crippen LogP) is 7.13. The number of halogens is 6. The molecule has 254 valence electrons. The van der Waals surface area contributed by atoms with Crippen LogP contribution in [0.1, 0.15) is 61.9 Å². The van der Waals surface area contributed by atoms with E-state index in [1.165, 1.54) is 33.3 Å². The average molecular weight is 665 g/mol. The highest BCUT2D eigenvalue weighted by atomic mass is 19.4. The number of ether oxygens (including phenoxy) is 5. The molecule has 0 bridgehead atoms. The van der Waals surface area contributed by atoms with E-state index in [0.717, 1.165) is 16.9 Å². The third kappa shape index (κ3) is 7.88. The lowest BCUT2D eigenvalue weighted by Gasteiger charge is -2.43. The molecule has 0 saturated heterocycles. The number of benzene rings is 2. The molecule has 2 amide bonds. The summed E-state index contributed by atoms with van der Waals surface area (Å²) in [4.78, 5) is 42.0. The van der Waals surface area contributed by atoms with E-state index in [2.05, 4.69) is 0 Å². The number of hydrogen-bond acceptors (Lipinski definition) is 8. The molecule has 0 spiro atoms. The van der Waals surface area contributed by atoms with Crippen LogP contribution < -0.4 is 14.4 Å².